The minimum atomic E-state index is 0.977. The summed E-state index contributed by atoms with van der Waals surface area (Å²) in [5.41, 5.74) is 1.67. The molecule has 0 spiro atoms. The number of fused-ring (bicyclic) bond motifs is 1. The molecule has 2 aliphatic rings. The van der Waals surface area contributed by atoms with Gasteiger partial charge in [0.25, 0.3) is 0 Å². The van der Waals surface area contributed by atoms with Gasteiger partial charge >= 0.3 is 0 Å². The molecule has 1 unspecified atom stereocenters. The molecule has 1 aliphatic heterocycles. The Labute approximate surface area is 43.6 Å². The van der Waals surface area contributed by atoms with E-state index in [4.69, 9.17) is 0 Å². The van der Waals surface area contributed by atoms with Crippen LogP contribution in [-0.2, 0) is 0 Å². The highest BCUT2D eigenvalue weighted by Crippen LogP contribution is 2.42. The van der Waals surface area contributed by atoms with Gasteiger partial charge in [0.2, 0.25) is 0 Å². The first kappa shape index (κ1) is 3.53. The lowest BCUT2D eigenvalue weighted by molar-refractivity contribution is 0.460. The van der Waals surface area contributed by atoms with Gasteiger partial charge in [-0.3, -0.25) is 0 Å². The van der Waals surface area contributed by atoms with Crippen molar-refractivity contribution in [1.29, 1.82) is 0 Å². The lowest BCUT2D eigenvalue weighted by atomic mass is 10.4. The molecule has 1 heteroatoms. The maximum absolute atomic E-state index is 2.27. The van der Waals surface area contributed by atoms with Gasteiger partial charge in [-0.1, -0.05) is 0 Å². The molecule has 0 saturated heterocycles. The van der Waals surface area contributed by atoms with Gasteiger partial charge in [-0.15, -0.1) is 0 Å². The van der Waals surface area contributed by atoms with Crippen LogP contribution in [0.25, 0.3) is 0 Å². The Kier molecular flexibility index (Phi) is 0.432. The summed E-state index contributed by atoms with van der Waals surface area (Å²) in [6.07, 6.45) is 3.66. The Morgan fingerprint density at radius 3 is 3.00 bits per heavy atom. The smallest absolute Gasteiger partial charge is 0.0238 e. The topological polar surface area (TPSA) is 3.24 Å². The molecule has 0 aromatic carbocycles. The first-order chi connectivity index (χ1) is 3.36. The molecule has 1 nitrogen and oxygen atoms in total. The second-order valence-corrected chi connectivity index (χ2v) is 2.54. The average Bonchev–Trinajstić information content (AvgIpc) is 2.15. The summed E-state index contributed by atoms with van der Waals surface area (Å²) >= 11 is 0. The van der Waals surface area contributed by atoms with Crippen molar-refractivity contribution in [3.05, 3.63) is 11.8 Å². The standard InChI is InChI=1S/C6H9N/c1-7-3-5-2-6(5)4-7/h3,6H,2,4H2,1H3. The van der Waals surface area contributed by atoms with Crippen molar-refractivity contribution in [1.82, 2.24) is 4.90 Å². The molecule has 1 saturated carbocycles. The second kappa shape index (κ2) is 0.857. The van der Waals surface area contributed by atoms with Crippen LogP contribution >= 0.6 is 0 Å². The number of rotatable bonds is 0. The van der Waals surface area contributed by atoms with Gasteiger partial charge in [-0.25, -0.2) is 0 Å². The Hall–Kier alpha value is -0.460. The predicted octanol–water partition coefficient (Wildman–Crippen LogP) is 0.836. The van der Waals surface area contributed by atoms with E-state index in [0.29, 0.717) is 0 Å². The van der Waals surface area contributed by atoms with E-state index in [1.165, 1.54) is 13.0 Å². The molecule has 0 N–H and O–H groups in total. The molecule has 0 bridgehead atoms. The first-order valence-electron chi connectivity index (χ1n) is 2.77. The van der Waals surface area contributed by atoms with E-state index >= 15 is 0 Å². The van der Waals surface area contributed by atoms with Gasteiger partial charge in [0.1, 0.15) is 0 Å². The minimum Gasteiger partial charge on any atom is -0.380 e. The molecule has 1 aliphatic carbocycles. The maximum atomic E-state index is 2.27. The van der Waals surface area contributed by atoms with Crippen molar-refractivity contribution in [2.45, 2.75) is 6.42 Å². The highest BCUT2D eigenvalue weighted by atomic mass is 15.1. The van der Waals surface area contributed by atoms with Crippen molar-refractivity contribution >= 4 is 0 Å². The van der Waals surface area contributed by atoms with Crippen molar-refractivity contribution < 1.29 is 0 Å². The number of hydrogen-bond acceptors (Lipinski definition) is 1. The van der Waals surface area contributed by atoms with Gasteiger partial charge in [0.15, 0.2) is 0 Å². The van der Waals surface area contributed by atoms with E-state index in [1.54, 1.807) is 5.57 Å². The van der Waals surface area contributed by atoms with Gasteiger partial charge in [-0.05, 0) is 18.2 Å². The number of hydrogen-bond donors (Lipinski definition) is 0. The zero-order valence-corrected chi connectivity index (χ0v) is 4.52. The third-order valence-corrected chi connectivity index (χ3v) is 1.74. The second-order valence-electron chi connectivity index (χ2n) is 2.54. The Morgan fingerprint density at radius 2 is 2.71 bits per heavy atom. The van der Waals surface area contributed by atoms with Gasteiger partial charge < -0.3 is 4.90 Å². The Morgan fingerprint density at radius 1 is 1.86 bits per heavy atom. The zero-order chi connectivity index (χ0) is 4.85. The van der Waals surface area contributed by atoms with Crippen molar-refractivity contribution in [2.75, 3.05) is 13.6 Å². The SMILES string of the molecule is CN1C=C2CC2C1. The fraction of sp³-hybridized carbons (Fsp3) is 0.667. The van der Waals surface area contributed by atoms with Crippen LogP contribution < -0.4 is 0 Å². The van der Waals surface area contributed by atoms with Gasteiger partial charge in [-0.2, -0.15) is 0 Å². The van der Waals surface area contributed by atoms with Crippen molar-refractivity contribution in [3.8, 4) is 0 Å². The fourth-order valence-corrected chi connectivity index (χ4v) is 1.25. The van der Waals surface area contributed by atoms with Crippen LogP contribution in [0, 0.1) is 5.92 Å². The molecule has 0 aromatic heterocycles. The van der Waals surface area contributed by atoms with Crippen LogP contribution in [0.1, 0.15) is 6.42 Å². The fourth-order valence-electron chi connectivity index (χ4n) is 1.25. The summed E-state index contributed by atoms with van der Waals surface area (Å²) in [5.74, 6) is 0.977. The summed E-state index contributed by atoms with van der Waals surface area (Å²) in [6, 6.07) is 0. The highest BCUT2D eigenvalue weighted by Gasteiger charge is 2.34. The van der Waals surface area contributed by atoms with E-state index < -0.39 is 0 Å². The van der Waals surface area contributed by atoms with E-state index in [9.17, 15) is 0 Å². The predicted molar refractivity (Wildman–Crippen MR) is 28.8 cm³/mol. The summed E-state index contributed by atoms with van der Waals surface area (Å²) in [4.78, 5) is 2.27. The van der Waals surface area contributed by atoms with Gasteiger partial charge in [0.05, 0.1) is 0 Å². The third kappa shape index (κ3) is 0.379. The molecule has 38 valence electrons. The molecule has 1 fully saturated rings. The normalized spacial score (nSPS) is 35.3. The maximum Gasteiger partial charge on any atom is 0.0238 e. The molecular weight excluding hydrogens is 86.1 g/mol. The Bertz CT molecular complexity index is 126. The van der Waals surface area contributed by atoms with Crippen LogP contribution in [0.2, 0.25) is 0 Å². The van der Waals surface area contributed by atoms with Crippen LogP contribution in [-0.4, -0.2) is 18.5 Å². The van der Waals surface area contributed by atoms with Crippen LogP contribution in [0.3, 0.4) is 0 Å². The first-order valence-corrected chi connectivity index (χ1v) is 2.77. The van der Waals surface area contributed by atoms with Crippen molar-refractivity contribution in [2.24, 2.45) is 5.92 Å². The molecule has 0 radical (unpaired) electrons. The average molecular weight is 95.1 g/mol. The third-order valence-electron chi connectivity index (χ3n) is 1.74. The van der Waals surface area contributed by atoms with E-state index in [1.807, 2.05) is 0 Å². The van der Waals surface area contributed by atoms with E-state index in [-0.39, 0.29) is 0 Å². The molecule has 7 heavy (non-hydrogen) atoms. The molecule has 0 amide bonds. The lowest BCUT2D eigenvalue weighted by Crippen LogP contribution is -2.08. The zero-order valence-electron chi connectivity index (χ0n) is 4.52. The van der Waals surface area contributed by atoms with Gasteiger partial charge in [0, 0.05) is 19.5 Å². The van der Waals surface area contributed by atoms with E-state index in [0.717, 1.165) is 5.92 Å². The summed E-state index contributed by atoms with van der Waals surface area (Å²) in [7, 11) is 2.14. The molecule has 0 aromatic rings. The minimum absolute atomic E-state index is 0.977. The largest absolute Gasteiger partial charge is 0.380 e. The summed E-state index contributed by atoms with van der Waals surface area (Å²) in [5, 5.41) is 0. The monoisotopic (exact) mass is 95.1 g/mol. The molecule has 1 heterocycles. The van der Waals surface area contributed by atoms with Crippen LogP contribution in [0.15, 0.2) is 11.8 Å². The van der Waals surface area contributed by atoms with Crippen LogP contribution in [0.4, 0.5) is 0 Å². The molecule has 2 rings (SSSR count). The van der Waals surface area contributed by atoms with Crippen molar-refractivity contribution in [3.63, 3.8) is 0 Å². The molecule has 1 atom stereocenters. The quantitative estimate of drug-likeness (QED) is 0.431. The lowest BCUT2D eigenvalue weighted by Gasteiger charge is -2.06. The Balaban J connectivity index is 2.23. The summed E-state index contributed by atoms with van der Waals surface area (Å²) in [6.45, 7) is 1.29. The van der Waals surface area contributed by atoms with Crippen LogP contribution in [0.5, 0.6) is 0 Å². The highest BCUT2D eigenvalue weighted by molar-refractivity contribution is 5.27. The number of nitrogens with zero attached hydrogens (tertiary/aromatic N) is 1. The van der Waals surface area contributed by atoms with E-state index in [2.05, 4.69) is 18.1 Å². The molecular formula is C6H9N. The summed E-state index contributed by atoms with van der Waals surface area (Å²) < 4.78 is 0.